The summed E-state index contributed by atoms with van der Waals surface area (Å²) in [6.45, 7) is 5.44. The largest absolute Gasteiger partial charge is 0.360 e. The number of hydrogen-bond donors (Lipinski definition) is 2. The zero-order valence-electron chi connectivity index (χ0n) is 15.7. The normalized spacial score (nSPS) is 12.0. The van der Waals surface area contributed by atoms with Crippen molar-refractivity contribution >= 4 is 17.4 Å². The summed E-state index contributed by atoms with van der Waals surface area (Å²) in [6.07, 6.45) is 2.31. The van der Waals surface area contributed by atoms with E-state index in [4.69, 9.17) is 0 Å². The Kier molecular flexibility index (Phi) is 6.90. The first-order valence-corrected chi connectivity index (χ1v) is 8.82. The van der Waals surface area contributed by atoms with E-state index < -0.39 is 5.91 Å². The maximum atomic E-state index is 12.4. The summed E-state index contributed by atoms with van der Waals surface area (Å²) in [5.41, 5.74) is 3.35. The van der Waals surface area contributed by atoms with Gasteiger partial charge in [0.1, 0.15) is 11.6 Å². The minimum Gasteiger partial charge on any atom is -0.360 e. The van der Waals surface area contributed by atoms with E-state index in [1.807, 2.05) is 37.3 Å². The lowest BCUT2D eigenvalue weighted by Gasteiger charge is -2.14. The number of nitriles is 1. The number of benzene rings is 2. The molecule has 0 saturated carbocycles. The number of amides is 1. The molecule has 1 amide bonds. The molecule has 5 nitrogen and oxygen atoms in total. The lowest BCUT2D eigenvalue weighted by molar-refractivity contribution is -0.117. The fraction of sp³-hybridized carbons (Fsp3) is 0.227. The van der Waals surface area contributed by atoms with Crippen LogP contribution in [0.2, 0.25) is 0 Å². The molecule has 1 atom stereocenters. The maximum absolute atomic E-state index is 12.4. The van der Waals surface area contributed by atoms with E-state index in [9.17, 15) is 14.9 Å². The average Bonchev–Trinajstić information content (AvgIpc) is 2.68. The Bertz CT molecular complexity index is 893. The molecule has 138 valence electrons. The Hall–Kier alpha value is -3.39. The molecule has 5 heteroatoms. The van der Waals surface area contributed by atoms with Gasteiger partial charge in [0.15, 0.2) is 5.78 Å². The first-order valence-electron chi connectivity index (χ1n) is 8.82. The SMILES string of the molecule is CCc1ccc(C(C)NC(=O)/C(C#N)=C\Nc2cccc(C(C)=O)c2)cc1. The van der Waals surface area contributed by atoms with Gasteiger partial charge in [-0.15, -0.1) is 0 Å². The van der Waals surface area contributed by atoms with Gasteiger partial charge in [0, 0.05) is 17.5 Å². The molecular weight excluding hydrogens is 338 g/mol. The topological polar surface area (TPSA) is 82.0 Å². The van der Waals surface area contributed by atoms with Gasteiger partial charge in [-0.25, -0.2) is 0 Å². The number of anilines is 1. The Morgan fingerprint density at radius 2 is 1.89 bits per heavy atom. The summed E-state index contributed by atoms with van der Waals surface area (Å²) >= 11 is 0. The Morgan fingerprint density at radius 1 is 1.19 bits per heavy atom. The molecule has 0 bridgehead atoms. The Morgan fingerprint density at radius 3 is 2.48 bits per heavy atom. The summed E-state index contributed by atoms with van der Waals surface area (Å²) in [7, 11) is 0. The van der Waals surface area contributed by atoms with Gasteiger partial charge in [0.2, 0.25) is 0 Å². The first kappa shape index (κ1) is 19.9. The number of Topliss-reactive ketones (excluding diaryl/α,β-unsaturated/α-hetero) is 1. The second-order valence-corrected chi connectivity index (χ2v) is 6.24. The van der Waals surface area contributed by atoms with Crippen molar-refractivity contribution < 1.29 is 9.59 Å². The highest BCUT2D eigenvalue weighted by Gasteiger charge is 2.14. The highest BCUT2D eigenvalue weighted by Crippen LogP contribution is 2.15. The van der Waals surface area contributed by atoms with Crippen molar-refractivity contribution in [3.63, 3.8) is 0 Å². The van der Waals surface area contributed by atoms with Crippen molar-refractivity contribution in [1.82, 2.24) is 5.32 Å². The second kappa shape index (κ2) is 9.35. The van der Waals surface area contributed by atoms with E-state index in [0.717, 1.165) is 12.0 Å². The van der Waals surface area contributed by atoms with Crippen LogP contribution in [0.3, 0.4) is 0 Å². The number of nitrogens with zero attached hydrogens (tertiary/aromatic N) is 1. The van der Waals surface area contributed by atoms with Crippen molar-refractivity contribution in [2.45, 2.75) is 33.2 Å². The minimum absolute atomic E-state index is 0.0414. The van der Waals surface area contributed by atoms with Crippen LogP contribution in [0.4, 0.5) is 5.69 Å². The molecule has 0 heterocycles. The molecule has 2 aromatic carbocycles. The van der Waals surface area contributed by atoms with Crippen molar-refractivity contribution in [2.75, 3.05) is 5.32 Å². The molecule has 0 spiro atoms. The van der Waals surface area contributed by atoms with E-state index in [0.29, 0.717) is 11.3 Å². The fourth-order valence-electron chi connectivity index (χ4n) is 2.53. The average molecular weight is 361 g/mol. The number of ketones is 1. The van der Waals surface area contributed by atoms with Crippen LogP contribution >= 0.6 is 0 Å². The monoisotopic (exact) mass is 361 g/mol. The number of nitrogens with one attached hydrogen (secondary N) is 2. The second-order valence-electron chi connectivity index (χ2n) is 6.24. The van der Waals surface area contributed by atoms with Crippen LogP contribution in [0.5, 0.6) is 0 Å². The quantitative estimate of drug-likeness (QED) is 0.441. The molecule has 2 aromatic rings. The van der Waals surface area contributed by atoms with Gasteiger partial charge in [-0.1, -0.05) is 43.3 Å². The van der Waals surface area contributed by atoms with Crippen molar-refractivity contribution in [3.05, 3.63) is 77.0 Å². The van der Waals surface area contributed by atoms with Crippen LogP contribution in [0.1, 0.15) is 48.3 Å². The van der Waals surface area contributed by atoms with Gasteiger partial charge >= 0.3 is 0 Å². The zero-order chi connectivity index (χ0) is 19.8. The van der Waals surface area contributed by atoms with Crippen LogP contribution in [0, 0.1) is 11.3 Å². The fourth-order valence-corrected chi connectivity index (χ4v) is 2.53. The summed E-state index contributed by atoms with van der Waals surface area (Å²) in [4.78, 5) is 23.8. The van der Waals surface area contributed by atoms with E-state index >= 15 is 0 Å². The third kappa shape index (κ3) is 5.55. The number of carbonyl (C=O) groups excluding carboxylic acids is 2. The molecular formula is C22H23N3O2. The molecule has 0 radical (unpaired) electrons. The molecule has 2 rings (SSSR count). The maximum Gasteiger partial charge on any atom is 0.263 e. The van der Waals surface area contributed by atoms with Gasteiger partial charge in [0.25, 0.3) is 5.91 Å². The van der Waals surface area contributed by atoms with E-state index in [2.05, 4.69) is 17.6 Å². The van der Waals surface area contributed by atoms with E-state index in [1.165, 1.54) is 18.7 Å². The molecule has 0 aliphatic heterocycles. The van der Waals surface area contributed by atoms with Gasteiger partial charge in [-0.05, 0) is 43.5 Å². The molecule has 1 unspecified atom stereocenters. The van der Waals surface area contributed by atoms with Gasteiger partial charge in [-0.2, -0.15) is 5.26 Å². The van der Waals surface area contributed by atoms with Crippen LogP contribution in [-0.2, 0) is 11.2 Å². The minimum atomic E-state index is -0.459. The standard InChI is InChI=1S/C22H23N3O2/c1-4-17-8-10-18(11-9-17)15(2)25-22(27)20(13-23)14-24-21-7-5-6-19(12-21)16(3)26/h5-12,14-15,24H,4H2,1-3H3,(H,25,27)/b20-14-. The predicted octanol–water partition coefficient (Wildman–Crippen LogP) is 4.15. The molecule has 2 N–H and O–H groups in total. The predicted molar refractivity (Wildman–Crippen MR) is 106 cm³/mol. The van der Waals surface area contributed by atoms with E-state index in [1.54, 1.807) is 24.3 Å². The molecule has 27 heavy (non-hydrogen) atoms. The highest BCUT2D eigenvalue weighted by molar-refractivity contribution is 5.98. The number of rotatable bonds is 7. The van der Waals surface area contributed by atoms with Crippen LogP contribution < -0.4 is 10.6 Å². The third-order valence-corrected chi connectivity index (χ3v) is 4.25. The van der Waals surface area contributed by atoms with Gasteiger partial charge in [-0.3, -0.25) is 9.59 Å². The van der Waals surface area contributed by atoms with Crippen molar-refractivity contribution in [1.29, 1.82) is 5.26 Å². The Labute approximate surface area is 159 Å². The number of aryl methyl sites for hydroxylation is 1. The highest BCUT2D eigenvalue weighted by atomic mass is 16.1. The molecule has 0 aromatic heterocycles. The molecule has 0 aliphatic carbocycles. The van der Waals surface area contributed by atoms with Crippen LogP contribution in [0.15, 0.2) is 60.3 Å². The lowest BCUT2D eigenvalue weighted by Crippen LogP contribution is -2.28. The smallest absolute Gasteiger partial charge is 0.263 e. The van der Waals surface area contributed by atoms with E-state index in [-0.39, 0.29) is 17.4 Å². The third-order valence-electron chi connectivity index (χ3n) is 4.25. The van der Waals surface area contributed by atoms with Crippen molar-refractivity contribution in [3.8, 4) is 6.07 Å². The molecule has 0 saturated heterocycles. The van der Waals surface area contributed by atoms with Crippen LogP contribution in [-0.4, -0.2) is 11.7 Å². The summed E-state index contributed by atoms with van der Waals surface area (Å²) in [6, 6.07) is 16.6. The Balaban J connectivity index is 2.06. The van der Waals surface area contributed by atoms with Crippen molar-refractivity contribution in [2.24, 2.45) is 0 Å². The summed E-state index contributed by atoms with van der Waals surface area (Å²) in [5, 5.41) is 15.0. The van der Waals surface area contributed by atoms with Gasteiger partial charge < -0.3 is 10.6 Å². The molecule has 0 aliphatic rings. The first-order chi connectivity index (χ1) is 12.9. The summed E-state index contributed by atoms with van der Waals surface area (Å²) in [5.74, 6) is -0.511. The van der Waals surface area contributed by atoms with Crippen LogP contribution in [0.25, 0.3) is 0 Å². The molecule has 0 fully saturated rings. The van der Waals surface area contributed by atoms with Gasteiger partial charge in [0.05, 0.1) is 6.04 Å². The number of carbonyl (C=O) groups is 2. The number of hydrogen-bond acceptors (Lipinski definition) is 4. The lowest BCUT2D eigenvalue weighted by atomic mass is 10.0. The summed E-state index contributed by atoms with van der Waals surface area (Å²) < 4.78 is 0. The zero-order valence-corrected chi connectivity index (χ0v) is 15.7.